The van der Waals surface area contributed by atoms with Crippen LogP contribution in [0.15, 0.2) is 23.3 Å². The molecule has 74 valence electrons. The van der Waals surface area contributed by atoms with Crippen molar-refractivity contribution < 1.29 is 61.0 Å². The molecule has 0 amide bonds. The SMILES string of the molecule is [Na+].[O-]C1(F)C(F)=C(F)C(F)=C(F)C1F. The molecule has 0 saturated heterocycles. The number of halogens is 6. The molecule has 14 heavy (non-hydrogen) atoms. The van der Waals surface area contributed by atoms with Gasteiger partial charge in [0.25, 0.3) is 0 Å². The van der Waals surface area contributed by atoms with E-state index in [1.807, 2.05) is 0 Å². The van der Waals surface area contributed by atoms with Crippen molar-refractivity contribution in [1.82, 2.24) is 0 Å². The van der Waals surface area contributed by atoms with Gasteiger partial charge in [-0.1, -0.05) is 0 Å². The van der Waals surface area contributed by atoms with E-state index in [1.165, 1.54) is 0 Å². The molecule has 0 heterocycles. The van der Waals surface area contributed by atoms with E-state index < -0.39 is 35.3 Å². The maximum absolute atomic E-state index is 12.3. The van der Waals surface area contributed by atoms with Crippen LogP contribution < -0.4 is 34.7 Å². The minimum Gasteiger partial charge on any atom is -0.816 e. The Kier molecular flexibility index (Phi) is 4.26. The molecule has 0 N–H and O–H groups in total. The Labute approximate surface area is 96.4 Å². The van der Waals surface area contributed by atoms with Gasteiger partial charge in [0, 0.05) is 0 Å². The van der Waals surface area contributed by atoms with E-state index in [-0.39, 0.29) is 29.6 Å². The van der Waals surface area contributed by atoms with E-state index in [2.05, 4.69) is 0 Å². The zero-order valence-corrected chi connectivity index (χ0v) is 8.75. The van der Waals surface area contributed by atoms with Crippen molar-refractivity contribution in [2.24, 2.45) is 0 Å². The van der Waals surface area contributed by atoms with Gasteiger partial charge in [-0.25, -0.2) is 22.0 Å². The maximum atomic E-state index is 12.3. The zero-order chi connectivity index (χ0) is 10.4. The quantitative estimate of drug-likeness (QED) is 0.370. The van der Waals surface area contributed by atoms with Crippen LogP contribution in [0.2, 0.25) is 0 Å². The van der Waals surface area contributed by atoms with E-state index in [4.69, 9.17) is 0 Å². The molecule has 2 unspecified atom stereocenters. The molecule has 1 aliphatic carbocycles. The van der Waals surface area contributed by atoms with Gasteiger partial charge in [-0.2, -0.15) is 0 Å². The molecule has 1 nitrogen and oxygen atoms in total. The molecule has 0 aromatic carbocycles. The predicted molar refractivity (Wildman–Crippen MR) is 27.2 cm³/mol. The standard InChI is InChI=1S/C6HF6O.Na/c7-1-2(8)4(10)6(12,13)5(11)3(1)9;/h4H;/q-1;+1. The number of hydrogen-bond acceptors (Lipinski definition) is 1. The first kappa shape index (κ1) is 14.0. The van der Waals surface area contributed by atoms with Gasteiger partial charge in [-0.3, -0.25) is 4.39 Å². The second-order valence-corrected chi connectivity index (χ2v) is 2.30. The summed E-state index contributed by atoms with van der Waals surface area (Å²) in [5.74, 6) is -15.3. The number of hydrogen-bond donors (Lipinski definition) is 0. The third kappa shape index (κ3) is 1.86. The summed E-state index contributed by atoms with van der Waals surface area (Å²) in [6, 6.07) is 0. The van der Waals surface area contributed by atoms with Gasteiger partial charge in [0.1, 0.15) is 5.85 Å². The summed E-state index contributed by atoms with van der Waals surface area (Å²) in [6.07, 6.45) is -3.70. The van der Waals surface area contributed by atoms with Crippen molar-refractivity contribution in [3.63, 3.8) is 0 Å². The molecule has 0 aliphatic heterocycles. The minimum atomic E-state index is -4.73. The molecule has 0 bridgehead atoms. The number of rotatable bonds is 0. The van der Waals surface area contributed by atoms with E-state index >= 15 is 0 Å². The molecule has 0 saturated carbocycles. The molecule has 8 heteroatoms. The Morgan fingerprint density at radius 2 is 1.50 bits per heavy atom. The van der Waals surface area contributed by atoms with Crippen LogP contribution in [0.5, 0.6) is 0 Å². The van der Waals surface area contributed by atoms with Crippen molar-refractivity contribution in [3.8, 4) is 0 Å². The normalized spacial score (nSPS) is 33.2. The van der Waals surface area contributed by atoms with Crippen LogP contribution in [0.25, 0.3) is 0 Å². The Bertz CT molecular complexity index is 309. The average molecular weight is 226 g/mol. The Morgan fingerprint density at radius 3 is 1.93 bits per heavy atom. The molecule has 0 aromatic heterocycles. The molecule has 0 radical (unpaired) electrons. The van der Waals surface area contributed by atoms with Gasteiger partial charge < -0.3 is 5.11 Å². The molecule has 0 aromatic rings. The van der Waals surface area contributed by atoms with Gasteiger partial charge in [0.2, 0.25) is 0 Å². The van der Waals surface area contributed by atoms with Gasteiger partial charge in [-0.05, 0) is 0 Å². The minimum absolute atomic E-state index is 0. The van der Waals surface area contributed by atoms with E-state index in [0.717, 1.165) is 0 Å². The smallest absolute Gasteiger partial charge is 0.816 e. The fourth-order valence-electron chi connectivity index (χ4n) is 0.736. The topological polar surface area (TPSA) is 23.1 Å². The predicted octanol–water partition coefficient (Wildman–Crippen LogP) is -1.33. The van der Waals surface area contributed by atoms with Crippen LogP contribution in [0.1, 0.15) is 0 Å². The molecular formula is C6HF6NaO. The van der Waals surface area contributed by atoms with Gasteiger partial charge in [-0.15, -0.1) is 0 Å². The Morgan fingerprint density at radius 1 is 1.07 bits per heavy atom. The molecular weight excluding hydrogens is 225 g/mol. The second-order valence-electron chi connectivity index (χ2n) is 2.30. The van der Waals surface area contributed by atoms with Crippen LogP contribution in [0, 0.1) is 0 Å². The summed E-state index contributed by atoms with van der Waals surface area (Å²) in [4.78, 5) is 0. The van der Waals surface area contributed by atoms with Crippen molar-refractivity contribution in [2.45, 2.75) is 12.0 Å². The third-order valence-corrected chi connectivity index (χ3v) is 1.44. The molecule has 1 aliphatic rings. The number of allylic oxidation sites excluding steroid dienone is 2. The van der Waals surface area contributed by atoms with Crippen LogP contribution in [-0.4, -0.2) is 12.0 Å². The first-order chi connectivity index (χ1) is 5.80. The van der Waals surface area contributed by atoms with Gasteiger partial charge >= 0.3 is 29.6 Å². The summed E-state index contributed by atoms with van der Waals surface area (Å²) in [6.45, 7) is 0. The molecule has 1 rings (SSSR count). The molecule has 0 spiro atoms. The summed E-state index contributed by atoms with van der Waals surface area (Å²) in [7, 11) is 0. The van der Waals surface area contributed by atoms with Crippen LogP contribution in [0.4, 0.5) is 26.3 Å². The van der Waals surface area contributed by atoms with Gasteiger partial charge in [0.05, 0.1) is 0 Å². The van der Waals surface area contributed by atoms with Crippen LogP contribution in [-0.2, 0) is 0 Å². The molecule has 0 fully saturated rings. The summed E-state index contributed by atoms with van der Waals surface area (Å²) >= 11 is 0. The van der Waals surface area contributed by atoms with E-state index in [1.54, 1.807) is 0 Å². The summed E-state index contributed by atoms with van der Waals surface area (Å²) in [5, 5.41) is 10.2. The fourth-order valence-corrected chi connectivity index (χ4v) is 0.736. The fraction of sp³-hybridized carbons (Fsp3) is 0.333. The first-order valence-electron chi connectivity index (χ1n) is 2.94. The summed E-state index contributed by atoms with van der Waals surface area (Å²) < 4.78 is 73.0. The van der Waals surface area contributed by atoms with Crippen molar-refractivity contribution in [2.75, 3.05) is 0 Å². The monoisotopic (exact) mass is 226 g/mol. The Balaban J connectivity index is 0.00000169. The van der Waals surface area contributed by atoms with Crippen molar-refractivity contribution in [1.29, 1.82) is 0 Å². The van der Waals surface area contributed by atoms with Gasteiger partial charge in [0.15, 0.2) is 29.5 Å². The second kappa shape index (κ2) is 4.26. The van der Waals surface area contributed by atoms with Crippen molar-refractivity contribution >= 4 is 0 Å². The van der Waals surface area contributed by atoms with Crippen LogP contribution in [0.3, 0.4) is 0 Å². The first-order valence-corrected chi connectivity index (χ1v) is 2.94. The maximum Gasteiger partial charge on any atom is 1.00 e. The largest absolute Gasteiger partial charge is 1.00 e. The van der Waals surface area contributed by atoms with E-state index in [9.17, 15) is 31.4 Å². The van der Waals surface area contributed by atoms with E-state index in [0.29, 0.717) is 0 Å². The third-order valence-electron chi connectivity index (χ3n) is 1.44. The Hall–Kier alpha value is 0.0200. The van der Waals surface area contributed by atoms with Crippen molar-refractivity contribution in [3.05, 3.63) is 23.3 Å². The average Bonchev–Trinajstić information content (AvgIpc) is 2.09. The molecule has 2 atom stereocenters. The summed E-state index contributed by atoms with van der Waals surface area (Å²) in [5.41, 5.74) is 0. The van der Waals surface area contributed by atoms with Crippen LogP contribution >= 0.6 is 0 Å². The number of alkyl halides is 2. The zero-order valence-electron chi connectivity index (χ0n) is 6.75.